The molecule has 2 heterocycles. The van der Waals surface area contributed by atoms with Crippen LogP contribution >= 0.6 is 11.3 Å². The number of nitrogens with one attached hydrogen (secondary N) is 2. The molecule has 4 nitrogen and oxygen atoms in total. The van der Waals surface area contributed by atoms with Crippen molar-refractivity contribution >= 4 is 28.2 Å². The number of hydrogen-bond donors (Lipinski definition) is 3. The van der Waals surface area contributed by atoms with E-state index < -0.39 is 5.97 Å². The number of aromatic amines is 1. The number of aromatic nitrogens is 1. The van der Waals surface area contributed by atoms with Gasteiger partial charge in [-0.05, 0) is 52.0 Å². The Labute approximate surface area is 130 Å². The minimum atomic E-state index is -0.845. The summed E-state index contributed by atoms with van der Waals surface area (Å²) in [6.07, 6.45) is 0.0194. The molecule has 1 unspecified atom stereocenters. The smallest absolute Gasteiger partial charge is 0.305 e. The van der Waals surface area contributed by atoms with Gasteiger partial charge in [0.25, 0.3) is 0 Å². The summed E-state index contributed by atoms with van der Waals surface area (Å²) in [5, 5.41) is 17.1. The fourth-order valence-corrected chi connectivity index (χ4v) is 3.16. The highest BCUT2D eigenvalue weighted by Gasteiger charge is 2.15. The molecule has 6 heteroatoms. The van der Waals surface area contributed by atoms with E-state index in [0.29, 0.717) is 6.54 Å². The average Bonchev–Trinajstić information content (AvgIpc) is 3.11. The molecule has 0 saturated carbocycles. The van der Waals surface area contributed by atoms with E-state index >= 15 is 0 Å². The van der Waals surface area contributed by atoms with Crippen LogP contribution in [-0.4, -0.2) is 16.1 Å². The standard InChI is InChI=1S/C16H15FN2O2S/c17-12-2-1-10-5-13(19-15(10)6-12)8-18-14(7-16(20)21)11-3-4-22-9-11/h1-6,9,14,18-19H,7-8H2,(H,20,21). The quantitative estimate of drug-likeness (QED) is 0.649. The molecular weight excluding hydrogens is 303 g/mol. The Kier molecular flexibility index (Phi) is 4.22. The minimum absolute atomic E-state index is 0.0194. The maximum Gasteiger partial charge on any atom is 0.305 e. The number of carbonyl (C=O) groups is 1. The van der Waals surface area contributed by atoms with E-state index in [1.807, 2.05) is 22.9 Å². The molecule has 1 aromatic carbocycles. The lowest BCUT2D eigenvalue weighted by atomic mass is 10.1. The monoisotopic (exact) mass is 318 g/mol. The number of benzene rings is 1. The van der Waals surface area contributed by atoms with Gasteiger partial charge in [0.1, 0.15) is 5.82 Å². The van der Waals surface area contributed by atoms with Crippen LogP contribution in [0.15, 0.2) is 41.1 Å². The first-order valence-corrected chi connectivity index (χ1v) is 7.80. The molecule has 0 fully saturated rings. The first kappa shape index (κ1) is 14.7. The van der Waals surface area contributed by atoms with Crippen LogP contribution < -0.4 is 5.32 Å². The fourth-order valence-electron chi connectivity index (χ4n) is 2.44. The van der Waals surface area contributed by atoms with Gasteiger partial charge in [-0.2, -0.15) is 11.3 Å². The highest BCUT2D eigenvalue weighted by Crippen LogP contribution is 2.21. The summed E-state index contributed by atoms with van der Waals surface area (Å²) in [4.78, 5) is 14.2. The van der Waals surface area contributed by atoms with Crippen molar-refractivity contribution in [2.75, 3.05) is 0 Å². The molecule has 2 aromatic heterocycles. The van der Waals surface area contributed by atoms with E-state index in [4.69, 9.17) is 5.11 Å². The molecule has 3 rings (SSSR count). The molecule has 22 heavy (non-hydrogen) atoms. The lowest BCUT2D eigenvalue weighted by molar-refractivity contribution is -0.137. The second-order valence-electron chi connectivity index (χ2n) is 5.11. The topological polar surface area (TPSA) is 65.1 Å². The van der Waals surface area contributed by atoms with Crippen molar-refractivity contribution < 1.29 is 14.3 Å². The molecule has 3 aromatic rings. The van der Waals surface area contributed by atoms with Gasteiger partial charge in [0, 0.05) is 23.8 Å². The zero-order valence-corrected chi connectivity index (χ0v) is 12.5. The zero-order chi connectivity index (χ0) is 15.5. The minimum Gasteiger partial charge on any atom is -0.481 e. The van der Waals surface area contributed by atoms with Crippen molar-refractivity contribution in [1.82, 2.24) is 10.3 Å². The van der Waals surface area contributed by atoms with Crippen molar-refractivity contribution in [3.63, 3.8) is 0 Å². The number of rotatable bonds is 6. The summed E-state index contributed by atoms with van der Waals surface area (Å²) in [7, 11) is 0. The van der Waals surface area contributed by atoms with Crippen LogP contribution in [0.2, 0.25) is 0 Å². The van der Waals surface area contributed by atoms with Crippen LogP contribution in [0.25, 0.3) is 10.9 Å². The molecule has 0 radical (unpaired) electrons. The fraction of sp³-hybridized carbons (Fsp3) is 0.188. The van der Waals surface area contributed by atoms with E-state index in [2.05, 4.69) is 10.3 Å². The summed E-state index contributed by atoms with van der Waals surface area (Å²) in [5.41, 5.74) is 2.60. The van der Waals surface area contributed by atoms with Crippen molar-refractivity contribution in [2.45, 2.75) is 19.0 Å². The van der Waals surface area contributed by atoms with Gasteiger partial charge in [-0.25, -0.2) is 4.39 Å². The number of aliphatic carboxylic acids is 1. The SMILES string of the molecule is O=C(O)CC(NCc1cc2ccc(F)cc2[nH]1)c1ccsc1. The van der Waals surface area contributed by atoms with Crippen LogP contribution in [0.4, 0.5) is 4.39 Å². The molecule has 0 bridgehead atoms. The molecule has 0 aliphatic heterocycles. The molecule has 1 atom stereocenters. The van der Waals surface area contributed by atoms with Crippen LogP contribution in [0, 0.1) is 5.82 Å². The molecule has 0 aliphatic carbocycles. The van der Waals surface area contributed by atoms with Gasteiger partial charge >= 0.3 is 5.97 Å². The normalized spacial score (nSPS) is 12.6. The van der Waals surface area contributed by atoms with Crippen molar-refractivity contribution in [3.8, 4) is 0 Å². The Bertz CT molecular complexity index is 783. The summed E-state index contributed by atoms with van der Waals surface area (Å²) in [5.74, 6) is -1.13. The summed E-state index contributed by atoms with van der Waals surface area (Å²) in [6.45, 7) is 0.490. The number of H-pyrrole nitrogens is 1. The lowest BCUT2D eigenvalue weighted by Gasteiger charge is -2.15. The van der Waals surface area contributed by atoms with Gasteiger partial charge < -0.3 is 15.4 Å². The molecule has 114 valence electrons. The third kappa shape index (κ3) is 3.35. The number of hydrogen-bond acceptors (Lipinski definition) is 3. The molecule has 0 amide bonds. The van der Waals surface area contributed by atoms with E-state index in [9.17, 15) is 9.18 Å². The molecule has 0 spiro atoms. The summed E-state index contributed by atoms with van der Waals surface area (Å²) >= 11 is 1.54. The number of fused-ring (bicyclic) bond motifs is 1. The Balaban J connectivity index is 1.74. The molecular formula is C16H15FN2O2S. The van der Waals surface area contributed by atoms with E-state index in [1.54, 1.807) is 6.07 Å². The van der Waals surface area contributed by atoms with Crippen LogP contribution in [-0.2, 0) is 11.3 Å². The number of thiophene rings is 1. The Morgan fingerprint density at radius 2 is 2.23 bits per heavy atom. The van der Waals surface area contributed by atoms with Gasteiger partial charge in [0.05, 0.1) is 6.42 Å². The number of halogens is 1. The maximum absolute atomic E-state index is 13.2. The Morgan fingerprint density at radius 3 is 2.95 bits per heavy atom. The van der Waals surface area contributed by atoms with Gasteiger partial charge in [0.15, 0.2) is 0 Å². The second kappa shape index (κ2) is 6.29. The third-order valence-electron chi connectivity index (χ3n) is 3.50. The first-order valence-electron chi connectivity index (χ1n) is 6.86. The Hall–Kier alpha value is -2.18. The number of carboxylic acid groups (broad SMARTS) is 1. The maximum atomic E-state index is 13.2. The summed E-state index contributed by atoms with van der Waals surface area (Å²) in [6, 6.07) is 8.21. The third-order valence-corrected chi connectivity index (χ3v) is 4.20. The van der Waals surface area contributed by atoms with Gasteiger partial charge in [0.2, 0.25) is 0 Å². The lowest BCUT2D eigenvalue weighted by Crippen LogP contribution is -2.23. The first-order chi connectivity index (χ1) is 10.6. The highest BCUT2D eigenvalue weighted by atomic mass is 32.1. The molecule has 3 N–H and O–H groups in total. The van der Waals surface area contributed by atoms with Crippen LogP contribution in [0.5, 0.6) is 0 Å². The van der Waals surface area contributed by atoms with Crippen molar-refractivity contribution in [3.05, 3.63) is 58.2 Å². The Morgan fingerprint density at radius 1 is 1.36 bits per heavy atom. The van der Waals surface area contributed by atoms with E-state index in [0.717, 1.165) is 22.2 Å². The van der Waals surface area contributed by atoms with Crippen LogP contribution in [0.3, 0.4) is 0 Å². The average molecular weight is 318 g/mol. The molecule has 0 aliphatic rings. The van der Waals surface area contributed by atoms with Crippen molar-refractivity contribution in [1.29, 1.82) is 0 Å². The number of carboxylic acids is 1. The zero-order valence-electron chi connectivity index (χ0n) is 11.7. The predicted molar refractivity (Wildman–Crippen MR) is 84.4 cm³/mol. The van der Waals surface area contributed by atoms with Gasteiger partial charge in [-0.1, -0.05) is 0 Å². The van der Waals surface area contributed by atoms with Crippen LogP contribution in [0.1, 0.15) is 23.7 Å². The van der Waals surface area contributed by atoms with E-state index in [-0.39, 0.29) is 18.3 Å². The largest absolute Gasteiger partial charge is 0.481 e. The van der Waals surface area contributed by atoms with Gasteiger partial charge in [-0.3, -0.25) is 4.79 Å². The highest BCUT2D eigenvalue weighted by molar-refractivity contribution is 7.07. The van der Waals surface area contributed by atoms with E-state index in [1.165, 1.54) is 23.5 Å². The predicted octanol–water partition coefficient (Wildman–Crippen LogP) is 3.67. The second-order valence-corrected chi connectivity index (χ2v) is 5.89. The van der Waals surface area contributed by atoms with Crippen molar-refractivity contribution in [2.24, 2.45) is 0 Å². The summed E-state index contributed by atoms with van der Waals surface area (Å²) < 4.78 is 13.2. The van der Waals surface area contributed by atoms with Gasteiger partial charge in [-0.15, -0.1) is 0 Å². The molecule has 0 saturated heterocycles.